The zero-order valence-corrected chi connectivity index (χ0v) is 22.7. The minimum atomic E-state index is -1.10. The Kier molecular flexibility index (Phi) is 4.90. The molecule has 3 aromatic rings. The van der Waals surface area contributed by atoms with Crippen LogP contribution in [0.25, 0.3) is 11.1 Å². The molecule has 202 valence electrons. The number of carbonyl (C=O) groups excluding carboxylic acids is 1. The molecule has 6 heteroatoms. The Balaban J connectivity index is 1.08. The van der Waals surface area contributed by atoms with Gasteiger partial charge in [-0.05, 0) is 106 Å². The van der Waals surface area contributed by atoms with Crippen LogP contribution >= 0.6 is 0 Å². The second-order valence-electron chi connectivity index (χ2n) is 13.8. The van der Waals surface area contributed by atoms with Crippen molar-refractivity contribution in [2.45, 2.75) is 94.6 Å². The number of aryl methyl sites for hydroxylation is 1. The average Bonchev–Trinajstić information content (AvgIpc) is 3.66. The molecule has 1 aromatic heterocycles. The van der Waals surface area contributed by atoms with Gasteiger partial charge in [0, 0.05) is 23.6 Å². The number of carbonyl (C=O) groups is 1. The van der Waals surface area contributed by atoms with E-state index in [-0.39, 0.29) is 16.7 Å². The van der Waals surface area contributed by atoms with E-state index < -0.39 is 11.1 Å². The van der Waals surface area contributed by atoms with Gasteiger partial charge in [-0.25, -0.2) is 4.39 Å². The van der Waals surface area contributed by atoms with Gasteiger partial charge in [0.25, 0.3) is 0 Å². The summed E-state index contributed by atoms with van der Waals surface area (Å²) >= 11 is 0. The second-order valence-corrected chi connectivity index (χ2v) is 13.8. The molecule has 10 rings (SSSR count). The number of alkyl halides is 1. The van der Waals surface area contributed by atoms with Gasteiger partial charge in [-0.3, -0.25) is 4.79 Å². The van der Waals surface area contributed by atoms with Crippen molar-refractivity contribution in [2.24, 2.45) is 10.8 Å². The number of amides is 1. The van der Waals surface area contributed by atoms with Crippen LogP contribution in [0.1, 0.15) is 93.8 Å². The number of nitrogens with zero attached hydrogens (tertiary/aromatic N) is 3. The molecule has 39 heavy (non-hydrogen) atoms. The Morgan fingerprint density at radius 3 is 2.28 bits per heavy atom. The van der Waals surface area contributed by atoms with Gasteiger partial charge >= 0.3 is 0 Å². The molecule has 4 bridgehead atoms. The van der Waals surface area contributed by atoms with Gasteiger partial charge < -0.3 is 9.42 Å². The van der Waals surface area contributed by atoms with E-state index in [0.717, 1.165) is 67.1 Å². The van der Waals surface area contributed by atoms with Crippen LogP contribution in [0.15, 0.2) is 53.1 Å². The van der Waals surface area contributed by atoms with Crippen LogP contribution in [0.2, 0.25) is 0 Å². The van der Waals surface area contributed by atoms with Gasteiger partial charge in [-0.1, -0.05) is 47.1 Å². The first-order valence-corrected chi connectivity index (χ1v) is 14.8. The van der Waals surface area contributed by atoms with E-state index in [4.69, 9.17) is 9.51 Å². The molecule has 0 unspecified atom stereocenters. The van der Waals surface area contributed by atoms with Gasteiger partial charge in [0.1, 0.15) is 5.67 Å². The fourth-order valence-corrected chi connectivity index (χ4v) is 8.25. The van der Waals surface area contributed by atoms with Crippen molar-refractivity contribution in [3.63, 3.8) is 0 Å². The molecule has 0 spiro atoms. The largest absolute Gasteiger partial charge is 0.339 e. The molecule has 0 N–H and O–H groups in total. The van der Waals surface area contributed by atoms with Crippen LogP contribution in [0.4, 0.5) is 10.1 Å². The third-order valence-electron chi connectivity index (χ3n) is 10.9. The lowest BCUT2D eigenvalue weighted by Gasteiger charge is -2.65. The molecular formula is C33H36FN3O2. The summed E-state index contributed by atoms with van der Waals surface area (Å²) in [6.07, 6.45) is 9.78. The fraction of sp³-hybridized carbons (Fsp3) is 0.545. The molecule has 7 aliphatic rings. The van der Waals surface area contributed by atoms with Gasteiger partial charge in [0.2, 0.25) is 11.8 Å². The molecule has 7 fully saturated rings. The summed E-state index contributed by atoms with van der Waals surface area (Å²) in [4.78, 5) is 21.1. The maximum Gasteiger partial charge on any atom is 0.233 e. The second kappa shape index (κ2) is 8.02. The predicted octanol–water partition coefficient (Wildman–Crippen LogP) is 7.44. The lowest BCUT2D eigenvalue weighted by Crippen LogP contribution is -2.71. The molecule has 0 aliphatic heterocycles. The van der Waals surface area contributed by atoms with Crippen LogP contribution in [0.5, 0.6) is 0 Å². The van der Waals surface area contributed by atoms with E-state index in [0.29, 0.717) is 31.7 Å². The number of hydrogen-bond donors (Lipinski definition) is 0. The van der Waals surface area contributed by atoms with Crippen molar-refractivity contribution in [2.75, 3.05) is 11.4 Å². The highest BCUT2D eigenvalue weighted by Gasteiger charge is 2.73. The minimum absolute atomic E-state index is 0.00369. The molecule has 1 heterocycles. The van der Waals surface area contributed by atoms with E-state index in [1.54, 1.807) is 0 Å². The quantitative estimate of drug-likeness (QED) is 0.322. The molecule has 0 radical (unpaired) electrons. The Bertz CT molecular complexity index is 1430. The van der Waals surface area contributed by atoms with Gasteiger partial charge in [-0.15, -0.1) is 0 Å². The highest BCUT2D eigenvalue weighted by molar-refractivity contribution is 6.00. The molecule has 0 saturated heterocycles. The zero-order chi connectivity index (χ0) is 26.5. The molecule has 2 aromatic carbocycles. The number of hydrogen-bond acceptors (Lipinski definition) is 4. The zero-order valence-electron chi connectivity index (χ0n) is 22.7. The van der Waals surface area contributed by atoms with Gasteiger partial charge in [0.05, 0.1) is 5.41 Å². The number of anilines is 1. The average molecular weight is 526 g/mol. The molecular weight excluding hydrogens is 489 g/mol. The lowest BCUT2D eigenvalue weighted by atomic mass is 9.41. The first-order valence-electron chi connectivity index (χ1n) is 14.8. The monoisotopic (exact) mass is 525 g/mol. The van der Waals surface area contributed by atoms with E-state index in [9.17, 15) is 9.18 Å². The standard InChI is InChI=1S/C33H36FN3O2/c1-22-4-2-5-24(16-22)25-6-3-7-26(17-25)37(29(38)32-18-33(34,19-32)20-32)21-30-10-13-31(14-11-30,15-12-30)28-35-27(36-39-28)23-8-9-23/h2-7,16-17,23H,8-15,18-21H2,1H3. The summed E-state index contributed by atoms with van der Waals surface area (Å²) in [6.45, 7) is 2.81. The summed E-state index contributed by atoms with van der Waals surface area (Å²) < 4.78 is 20.4. The summed E-state index contributed by atoms with van der Waals surface area (Å²) in [5.74, 6) is 2.38. The summed E-state index contributed by atoms with van der Waals surface area (Å²) in [5, 5.41) is 4.31. The Hall–Kier alpha value is -3.02. The summed E-state index contributed by atoms with van der Waals surface area (Å²) in [6, 6.07) is 16.9. The van der Waals surface area contributed by atoms with Crippen molar-refractivity contribution in [1.82, 2.24) is 10.1 Å². The van der Waals surface area contributed by atoms with Crippen molar-refractivity contribution < 1.29 is 13.7 Å². The summed E-state index contributed by atoms with van der Waals surface area (Å²) in [7, 11) is 0. The Morgan fingerprint density at radius 2 is 1.64 bits per heavy atom. The van der Waals surface area contributed by atoms with E-state index in [2.05, 4.69) is 60.6 Å². The topological polar surface area (TPSA) is 59.2 Å². The van der Waals surface area contributed by atoms with Crippen LogP contribution in [0.3, 0.4) is 0 Å². The number of rotatable bonds is 7. The molecule has 7 saturated carbocycles. The smallest absolute Gasteiger partial charge is 0.233 e. The number of halogens is 1. The van der Waals surface area contributed by atoms with E-state index in [1.165, 1.54) is 18.4 Å². The van der Waals surface area contributed by atoms with Gasteiger partial charge in [-0.2, -0.15) is 4.98 Å². The summed E-state index contributed by atoms with van der Waals surface area (Å²) in [5.41, 5.74) is 2.90. The maximum absolute atomic E-state index is 14.5. The van der Waals surface area contributed by atoms with Crippen molar-refractivity contribution in [3.8, 4) is 11.1 Å². The number of aromatic nitrogens is 2. The first-order chi connectivity index (χ1) is 18.8. The Labute approximate surface area is 229 Å². The maximum atomic E-state index is 14.5. The lowest BCUT2D eigenvalue weighted by molar-refractivity contribution is -0.211. The molecule has 5 nitrogen and oxygen atoms in total. The molecule has 0 atom stereocenters. The number of benzene rings is 2. The fourth-order valence-electron chi connectivity index (χ4n) is 8.25. The molecule has 7 aliphatic carbocycles. The van der Waals surface area contributed by atoms with Crippen molar-refractivity contribution in [1.29, 1.82) is 0 Å². The van der Waals surface area contributed by atoms with Gasteiger partial charge in [0.15, 0.2) is 5.82 Å². The predicted molar refractivity (Wildman–Crippen MR) is 147 cm³/mol. The van der Waals surface area contributed by atoms with Crippen LogP contribution in [0, 0.1) is 17.8 Å². The SMILES string of the molecule is Cc1cccc(-c2cccc(N(CC34CCC(c5nc(C6CC6)no5)(CC3)CC4)C(=O)C34CC(F)(C3)C4)c2)c1. The highest BCUT2D eigenvalue weighted by Crippen LogP contribution is 2.70. The van der Waals surface area contributed by atoms with E-state index in [1.807, 2.05) is 4.90 Å². The van der Waals surface area contributed by atoms with Crippen molar-refractivity contribution >= 4 is 11.6 Å². The number of fused-ring (bicyclic) bond motifs is 3. The minimum Gasteiger partial charge on any atom is -0.339 e. The highest BCUT2D eigenvalue weighted by atomic mass is 19.1. The van der Waals surface area contributed by atoms with E-state index >= 15 is 0 Å². The normalized spacial score (nSPS) is 34.3. The Morgan fingerprint density at radius 1 is 0.974 bits per heavy atom. The van der Waals surface area contributed by atoms with Crippen LogP contribution < -0.4 is 4.90 Å². The van der Waals surface area contributed by atoms with Crippen LogP contribution in [-0.2, 0) is 10.2 Å². The molecule has 1 amide bonds. The van der Waals surface area contributed by atoms with Crippen molar-refractivity contribution in [3.05, 3.63) is 65.8 Å². The first kappa shape index (κ1) is 23.8. The third kappa shape index (κ3) is 3.73. The van der Waals surface area contributed by atoms with Crippen LogP contribution in [-0.4, -0.2) is 28.3 Å². The third-order valence-corrected chi connectivity index (χ3v) is 10.9.